The van der Waals surface area contributed by atoms with Crippen LogP contribution in [0.15, 0.2) is 66.5 Å². The quantitative estimate of drug-likeness (QED) is 0.263. The number of halogens is 6. The zero-order chi connectivity index (χ0) is 23.9. The molecule has 0 radical (unpaired) electrons. The van der Waals surface area contributed by atoms with Crippen molar-refractivity contribution in [3.8, 4) is 11.5 Å². The first-order chi connectivity index (χ1) is 15.0. The molecule has 0 spiro atoms. The van der Waals surface area contributed by atoms with Crippen LogP contribution in [0.2, 0.25) is 0 Å². The molecule has 0 aliphatic rings. The van der Waals surface area contributed by atoms with Gasteiger partial charge in [0.2, 0.25) is 0 Å². The average molecular weight is 458 g/mol. The third-order valence-corrected chi connectivity index (χ3v) is 3.87. The molecule has 2 aromatic carbocycles. The Morgan fingerprint density at radius 2 is 1.66 bits per heavy atom. The van der Waals surface area contributed by atoms with E-state index >= 15 is 0 Å². The van der Waals surface area contributed by atoms with Crippen LogP contribution in [-0.2, 0) is 17.1 Å². The van der Waals surface area contributed by atoms with Crippen molar-refractivity contribution in [3.05, 3.63) is 83.2 Å². The number of ether oxygens (including phenoxy) is 1. The van der Waals surface area contributed by atoms with Crippen molar-refractivity contribution in [2.75, 3.05) is 7.05 Å². The first-order valence-electron chi connectivity index (χ1n) is 8.83. The van der Waals surface area contributed by atoms with Gasteiger partial charge in [-0.1, -0.05) is 18.2 Å². The molecule has 32 heavy (non-hydrogen) atoms. The van der Waals surface area contributed by atoms with Crippen LogP contribution in [-0.4, -0.2) is 19.2 Å². The summed E-state index contributed by atoms with van der Waals surface area (Å²) in [5.74, 6) is -2.47. The van der Waals surface area contributed by atoms with Crippen LogP contribution < -0.4 is 15.4 Å². The highest BCUT2D eigenvalue weighted by Gasteiger charge is 2.42. The smallest absolute Gasteiger partial charge is 0.417 e. The Morgan fingerprint density at radius 3 is 2.19 bits per heavy atom. The van der Waals surface area contributed by atoms with Crippen LogP contribution in [0.1, 0.15) is 21.5 Å². The molecule has 11 heteroatoms. The summed E-state index contributed by atoms with van der Waals surface area (Å²) in [4.78, 5) is 23.5. The standard InChI is InChI=1S/C21H16F6N2O3/c1-28-9-7-14(8-10-30)29-19(31)18-16(21(25,26)27)11-13(20(22,23)24)12-17(18)32-15-5-3-2-4-6-15/h2-12,28H,1H3,(H,29,31)/b9-7-,14-8+. The summed E-state index contributed by atoms with van der Waals surface area (Å²) in [7, 11) is 1.49. The van der Waals surface area contributed by atoms with E-state index in [1.807, 2.05) is 0 Å². The number of hydrogen-bond donors (Lipinski definition) is 2. The van der Waals surface area contributed by atoms with Crippen molar-refractivity contribution in [2.24, 2.45) is 0 Å². The topological polar surface area (TPSA) is 67.4 Å². The first kappa shape index (κ1) is 24.5. The predicted octanol–water partition coefficient (Wildman–Crippen LogP) is 5.06. The number of amides is 1. The molecule has 0 unspecified atom stereocenters. The van der Waals surface area contributed by atoms with Crippen LogP contribution in [0, 0.1) is 0 Å². The van der Waals surface area contributed by atoms with Crippen molar-refractivity contribution in [1.29, 1.82) is 0 Å². The lowest BCUT2D eigenvalue weighted by Gasteiger charge is -2.20. The third-order valence-electron chi connectivity index (χ3n) is 3.87. The Morgan fingerprint density at radius 1 is 1.00 bits per heavy atom. The predicted molar refractivity (Wildman–Crippen MR) is 103 cm³/mol. The van der Waals surface area contributed by atoms with Gasteiger partial charge < -0.3 is 15.4 Å². The molecule has 0 aliphatic carbocycles. The molecule has 0 atom stereocenters. The van der Waals surface area contributed by atoms with E-state index in [1.165, 1.54) is 43.6 Å². The molecule has 0 aromatic heterocycles. The van der Waals surface area contributed by atoms with Gasteiger partial charge in [0.1, 0.15) is 17.8 Å². The molecule has 5 nitrogen and oxygen atoms in total. The number of hydrogen-bond acceptors (Lipinski definition) is 4. The number of para-hydroxylation sites is 1. The monoisotopic (exact) mass is 458 g/mol. The van der Waals surface area contributed by atoms with Gasteiger partial charge in [0, 0.05) is 18.8 Å². The Labute approximate surface area is 178 Å². The van der Waals surface area contributed by atoms with Gasteiger partial charge >= 0.3 is 12.4 Å². The highest BCUT2D eigenvalue weighted by Crippen LogP contribution is 2.42. The second-order valence-corrected chi connectivity index (χ2v) is 6.14. The maximum atomic E-state index is 13.7. The van der Waals surface area contributed by atoms with Crippen molar-refractivity contribution in [3.63, 3.8) is 0 Å². The van der Waals surface area contributed by atoms with E-state index in [1.54, 1.807) is 6.07 Å². The molecule has 0 fully saturated rings. The second-order valence-electron chi connectivity index (χ2n) is 6.14. The Kier molecular flexibility index (Phi) is 7.68. The molecule has 0 heterocycles. The Balaban J connectivity index is 2.71. The molecule has 2 aromatic rings. The summed E-state index contributed by atoms with van der Waals surface area (Å²) < 4.78 is 86.1. The summed E-state index contributed by atoms with van der Waals surface area (Å²) in [6.45, 7) is 0. The first-order valence-corrected chi connectivity index (χ1v) is 8.83. The summed E-state index contributed by atoms with van der Waals surface area (Å²) in [6.07, 6.45) is -6.90. The van der Waals surface area contributed by atoms with Gasteiger partial charge in [-0.05, 0) is 36.5 Å². The number of allylic oxidation sites excluding steroid dienone is 2. The summed E-state index contributed by atoms with van der Waals surface area (Å²) in [6, 6.07) is 7.17. The molecule has 0 saturated carbocycles. The molecular weight excluding hydrogens is 442 g/mol. The summed E-state index contributed by atoms with van der Waals surface area (Å²) in [5, 5.41) is 4.62. The Hall–Kier alpha value is -3.76. The number of benzene rings is 2. The fourth-order valence-corrected chi connectivity index (χ4v) is 2.51. The normalized spacial score (nSPS) is 12.5. The van der Waals surface area contributed by atoms with Gasteiger partial charge in [0.05, 0.1) is 16.7 Å². The number of aldehydes is 1. The van der Waals surface area contributed by atoms with E-state index in [0.29, 0.717) is 6.07 Å². The van der Waals surface area contributed by atoms with Gasteiger partial charge in [0.25, 0.3) is 5.91 Å². The number of rotatable bonds is 7. The fraction of sp³-hybridized carbons (Fsp3) is 0.143. The number of alkyl halides is 6. The van der Waals surface area contributed by atoms with E-state index in [4.69, 9.17) is 4.74 Å². The zero-order valence-corrected chi connectivity index (χ0v) is 16.3. The van der Waals surface area contributed by atoms with E-state index < -0.39 is 40.7 Å². The van der Waals surface area contributed by atoms with Crippen LogP contribution in [0.5, 0.6) is 11.5 Å². The highest BCUT2D eigenvalue weighted by molar-refractivity contribution is 6.00. The Bertz CT molecular complexity index is 1030. The molecule has 0 bridgehead atoms. The SMILES string of the molecule is CN/C=C\C(=C/C=O)NC(=O)c1c(Oc2ccccc2)cc(C(F)(F)F)cc1C(F)(F)F. The van der Waals surface area contributed by atoms with E-state index in [2.05, 4.69) is 10.6 Å². The lowest BCUT2D eigenvalue weighted by atomic mass is 10.0. The number of nitrogens with one attached hydrogen (secondary N) is 2. The van der Waals surface area contributed by atoms with Crippen molar-refractivity contribution >= 4 is 12.2 Å². The maximum Gasteiger partial charge on any atom is 0.417 e. The van der Waals surface area contributed by atoms with Gasteiger partial charge in [0.15, 0.2) is 0 Å². The highest BCUT2D eigenvalue weighted by atomic mass is 19.4. The van der Waals surface area contributed by atoms with Crippen LogP contribution in [0.25, 0.3) is 0 Å². The van der Waals surface area contributed by atoms with Crippen LogP contribution >= 0.6 is 0 Å². The van der Waals surface area contributed by atoms with E-state index in [0.717, 1.165) is 6.08 Å². The van der Waals surface area contributed by atoms with E-state index in [9.17, 15) is 35.9 Å². The van der Waals surface area contributed by atoms with Crippen LogP contribution in [0.4, 0.5) is 26.3 Å². The van der Waals surface area contributed by atoms with Crippen molar-refractivity contribution in [2.45, 2.75) is 12.4 Å². The molecule has 1 amide bonds. The largest absolute Gasteiger partial charge is 0.457 e. The second kappa shape index (κ2) is 10.0. The minimum atomic E-state index is -5.32. The number of carbonyl (C=O) groups excluding carboxylic acids is 2. The minimum absolute atomic E-state index is 0.0901. The van der Waals surface area contributed by atoms with Crippen molar-refractivity contribution in [1.82, 2.24) is 10.6 Å². The fourth-order valence-electron chi connectivity index (χ4n) is 2.51. The average Bonchev–Trinajstić information content (AvgIpc) is 2.71. The van der Waals surface area contributed by atoms with Crippen LogP contribution in [0.3, 0.4) is 0 Å². The van der Waals surface area contributed by atoms with Gasteiger partial charge in [-0.15, -0.1) is 0 Å². The number of carbonyl (C=O) groups is 2. The summed E-state index contributed by atoms with van der Waals surface area (Å²) >= 11 is 0. The van der Waals surface area contributed by atoms with Gasteiger partial charge in [-0.3, -0.25) is 9.59 Å². The van der Waals surface area contributed by atoms with E-state index in [-0.39, 0.29) is 23.8 Å². The van der Waals surface area contributed by atoms with Gasteiger partial charge in [-0.25, -0.2) is 0 Å². The van der Waals surface area contributed by atoms with Crippen molar-refractivity contribution < 1.29 is 40.7 Å². The summed E-state index contributed by atoms with van der Waals surface area (Å²) in [5.41, 5.74) is -4.88. The zero-order valence-electron chi connectivity index (χ0n) is 16.3. The lowest BCUT2D eigenvalue weighted by Crippen LogP contribution is -2.27. The lowest BCUT2D eigenvalue weighted by molar-refractivity contribution is -0.143. The van der Waals surface area contributed by atoms with Gasteiger partial charge in [-0.2, -0.15) is 26.3 Å². The third kappa shape index (κ3) is 6.37. The molecular formula is C21H16F6N2O3. The molecule has 2 N–H and O–H groups in total. The maximum absolute atomic E-state index is 13.7. The molecule has 2 rings (SSSR count). The molecule has 0 saturated heterocycles. The minimum Gasteiger partial charge on any atom is -0.457 e. The molecule has 170 valence electrons. The molecule has 0 aliphatic heterocycles.